The number of esters is 4. The van der Waals surface area contributed by atoms with Crippen LogP contribution in [0.25, 0.3) is 0 Å². The molecule has 0 atom stereocenters. The van der Waals surface area contributed by atoms with Crippen LogP contribution in [0.4, 0.5) is 0 Å². The van der Waals surface area contributed by atoms with E-state index in [1.807, 2.05) is 0 Å². The van der Waals surface area contributed by atoms with E-state index in [9.17, 15) is 19.2 Å². The number of rotatable bonds is 24. The number of hydrogen-bond donors (Lipinski definition) is 0. The summed E-state index contributed by atoms with van der Waals surface area (Å²) in [6.07, 6.45) is 15.1. The molecular weight excluding hydrogens is 536 g/mol. The summed E-state index contributed by atoms with van der Waals surface area (Å²) in [5, 5.41) is 0. The Balaban J connectivity index is 3.43. The van der Waals surface area contributed by atoms with E-state index >= 15 is 0 Å². The number of hydrogen-bond acceptors (Lipinski definition) is 8. The maximum absolute atomic E-state index is 14.0. The maximum Gasteiger partial charge on any atom is 0.325 e. The van der Waals surface area contributed by atoms with E-state index in [4.69, 9.17) is 18.9 Å². The third-order valence-electron chi connectivity index (χ3n) is 8.40. The van der Waals surface area contributed by atoms with E-state index < -0.39 is 34.7 Å². The van der Waals surface area contributed by atoms with Crippen LogP contribution in [0.15, 0.2) is 0 Å². The first kappa shape index (κ1) is 37.9. The second-order valence-electron chi connectivity index (χ2n) is 11.8. The van der Waals surface area contributed by atoms with Crippen LogP contribution in [-0.4, -0.2) is 50.3 Å². The molecule has 0 aromatic carbocycles. The molecule has 1 aliphatic rings. The summed E-state index contributed by atoms with van der Waals surface area (Å²) in [5.41, 5.74) is -4.27. The SMILES string of the molecule is CCCCCCOC(=O)C1(C(=O)OCCCCCC)CCCCC1(C(=O)OCCCCCC)C(=O)OCCCCCC. The fraction of sp³-hybridized carbons (Fsp3) is 0.882. The van der Waals surface area contributed by atoms with Gasteiger partial charge in [0.2, 0.25) is 0 Å². The third-order valence-corrected chi connectivity index (χ3v) is 8.40. The number of unbranched alkanes of at least 4 members (excludes halogenated alkanes) is 12. The Labute approximate surface area is 255 Å². The minimum Gasteiger partial charge on any atom is -0.465 e. The molecule has 0 N–H and O–H groups in total. The van der Waals surface area contributed by atoms with Crippen LogP contribution < -0.4 is 0 Å². The van der Waals surface area contributed by atoms with Gasteiger partial charge in [0.15, 0.2) is 10.8 Å². The monoisotopic (exact) mass is 596 g/mol. The summed E-state index contributed by atoms with van der Waals surface area (Å²) < 4.78 is 22.9. The molecule has 1 saturated carbocycles. The van der Waals surface area contributed by atoms with Gasteiger partial charge in [0.1, 0.15) is 0 Å². The van der Waals surface area contributed by atoms with Crippen molar-refractivity contribution in [2.24, 2.45) is 10.8 Å². The van der Waals surface area contributed by atoms with Gasteiger partial charge in [-0.05, 0) is 38.5 Å². The highest BCUT2D eigenvalue weighted by molar-refractivity contribution is 6.14. The molecule has 0 saturated heterocycles. The first-order valence-electron chi connectivity index (χ1n) is 17.1. The van der Waals surface area contributed by atoms with Crippen LogP contribution in [0.1, 0.15) is 156 Å². The molecule has 0 aromatic rings. The Hall–Kier alpha value is -2.12. The summed E-state index contributed by atoms with van der Waals surface area (Å²) in [4.78, 5) is 56.2. The summed E-state index contributed by atoms with van der Waals surface area (Å²) in [5.74, 6) is -3.49. The molecule has 0 amide bonds. The summed E-state index contributed by atoms with van der Waals surface area (Å²) in [7, 11) is 0. The van der Waals surface area contributed by atoms with Gasteiger partial charge in [-0.3, -0.25) is 19.2 Å². The minimum atomic E-state index is -2.14. The third kappa shape index (κ3) is 11.2. The first-order valence-corrected chi connectivity index (χ1v) is 17.1. The standard InChI is InChI=1S/C34H60O8/c1-5-9-13-19-25-39-29(35)33(30(36)40-26-20-14-10-6-2)23-17-18-24-34(33,31(37)41-27-21-15-11-7-3)32(38)42-28-22-16-12-8-4/h5-28H2,1-4H3. The van der Waals surface area contributed by atoms with Crippen LogP contribution >= 0.6 is 0 Å². The van der Waals surface area contributed by atoms with E-state index in [2.05, 4.69) is 27.7 Å². The van der Waals surface area contributed by atoms with E-state index in [1.165, 1.54) is 0 Å². The largest absolute Gasteiger partial charge is 0.465 e. The molecule has 42 heavy (non-hydrogen) atoms. The fourth-order valence-corrected chi connectivity index (χ4v) is 5.75. The predicted octanol–water partition coefficient (Wildman–Crippen LogP) is 8.03. The van der Waals surface area contributed by atoms with Crippen molar-refractivity contribution in [3.05, 3.63) is 0 Å². The molecule has 0 aliphatic heterocycles. The Morgan fingerprint density at radius 1 is 0.405 bits per heavy atom. The predicted molar refractivity (Wildman–Crippen MR) is 164 cm³/mol. The number of carbonyl (C=O) groups is 4. The summed E-state index contributed by atoms with van der Waals surface area (Å²) >= 11 is 0. The molecule has 0 heterocycles. The van der Waals surface area contributed by atoms with Crippen molar-refractivity contribution in [1.82, 2.24) is 0 Å². The van der Waals surface area contributed by atoms with Crippen molar-refractivity contribution in [2.45, 2.75) is 156 Å². The fourth-order valence-electron chi connectivity index (χ4n) is 5.75. The minimum absolute atomic E-state index is 0.0234. The van der Waals surface area contributed by atoms with Crippen molar-refractivity contribution >= 4 is 23.9 Å². The highest BCUT2D eigenvalue weighted by atomic mass is 16.6. The quantitative estimate of drug-likeness (QED) is 0.0477. The maximum atomic E-state index is 14.0. The topological polar surface area (TPSA) is 105 Å². The van der Waals surface area contributed by atoms with E-state index in [0.29, 0.717) is 38.5 Å². The zero-order chi connectivity index (χ0) is 31.1. The lowest BCUT2D eigenvalue weighted by molar-refractivity contribution is -0.209. The van der Waals surface area contributed by atoms with Crippen LogP contribution in [-0.2, 0) is 38.1 Å². The lowest BCUT2D eigenvalue weighted by Gasteiger charge is -2.45. The number of carbonyl (C=O) groups excluding carboxylic acids is 4. The van der Waals surface area contributed by atoms with E-state index in [0.717, 1.165) is 77.0 Å². The van der Waals surface area contributed by atoms with Gasteiger partial charge < -0.3 is 18.9 Å². The Morgan fingerprint density at radius 2 is 0.643 bits per heavy atom. The molecule has 1 rings (SSSR count). The molecule has 0 spiro atoms. The molecule has 8 nitrogen and oxygen atoms in total. The average molecular weight is 597 g/mol. The second kappa shape index (κ2) is 22.4. The molecular formula is C34H60O8. The molecule has 244 valence electrons. The highest BCUT2D eigenvalue weighted by Gasteiger charge is 2.73. The summed E-state index contributed by atoms with van der Waals surface area (Å²) in [6, 6.07) is 0. The molecule has 0 unspecified atom stereocenters. The Bertz CT molecular complexity index is 662. The van der Waals surface area contributed by atoms with Crippen LogP contribution in [0.5, 0.6) is 0 Å². The van der Waals surface area contributed by atoms with Gasteiger partial charge in [0, 0.05) is 0 Å². The van der Waals surface area contributed by atoms with Gasteiger partial charge in [-0.25, -0.2) is 0 Å². The molecule has 8 heteroatoms. The van der Waals surface area contributed by atoms with Gasteiger partial charge in [-0.1, -0.05) is 118 Å². The molecule has 0 bridgehead atoms. The molecule has 0 radical (unpaired) electrons. The van der Waals surface area contributed by atoms with E-state index in [-0.39, 0.29) is 39.3 Å². The normalized spacial score (nSPS) is 15.5. The van der Waals surface area contributed by atoms with Crippen LogP contribution in [0.3, 0.4) is 0 Å². The lowest BCUT2D eigenvalue weighted by atomic mass is 9.55. The molecule has 0 aromatic heterocycles. The van der Waals surface area contributed by atoms with Crippen LogP contribution in [0, 0.1) is 10.8 Å². The van der Waals surface area contributed by atoms with Crippen molar-refractivity contribution in [3.8, 4) is 0 Å². The van der Waals surface area contributed by atoms with Gasteiger partial charge in [-0.2, -0.15) is 0 Å². The summed E-state index contributed by atoms with van der Waals surface area (Å²) in [6.45, 7) is 8.81. The first-order chi connectivity index (χ1) is 20.4. The number of ether oxygens (including phenoxy) is 4. The Morgan fingerprint density at radius 3 is 0.857 bits per heavy atom. The Kier molecular flexibility index (Phi) is 20.2. The molecule has 1 aliphatic carbocycles. The van der Waals surface area contributed by atoms with Crippen molar-refractivity contribution in [3.63, 3.8) is 0 Å². The second-order valence-corrected chi connectivity index (χ2v) is 11.8. The highest BCUT2D eigenvalue weighted by Crippen LogP contribution is 2.54. The van der Waals surface area contributed by atoms with Crippen LogP contribution in [0.2, 0.25) is 0 Å². The van der Waals surface area contributed by atoms with Gasteiger partial charge in [-0.15, -0.1) is 0 Å². The smallest absolute Gasteiger partial charge is 0.325 e. The average Bonchev–Trinajstić information content (AvgIpc) is 2.99. The van der Waals surface area contributed by atoms with Crippen molar-refractivity contribution < 1.29 is 38.1 Å². The van der Waals surface area contributed by atoms with Gasteiger partial charge in [0.25, 0.3) is 0 Å². The van der Waals surface area contributed by atoms with Crippen molar-refractivity contribution in [2.75, 3.05) is 26.4 Å². The molecule has 1 fully saturated rings. The van der Waals surface area contributed by atoms with Gasteiger partial charge in [0.05, 0.1) is 26.4 Å². The van der Waals surface area contributed by atoms with E-state index in [1.54, 1.807) is 0 Å². The zero-order valence-electron chi connectivity index (χ0n) is 27.2. The van der Waals surface area contributed by atoms with Crippen molar-refractivity contribution in [1.29, 1.82) is 0 Å². The zero-order valence-corrected chi connectivity index (χ0v) is 27.2. The van der Waals surface area contributed by atoms with Gasteiger partial charge >= 0.3 is 23.9 Å². The lowest BCUT2D eigenvalue weighted by Crippen LogP contribution is -2.64.